The molecule has 0 atom stereocenters. The summed E-state index contributed by atoms with van der Waals surface area (Å²) in [5.41, 5.74) is 4.86. The van der Waals surface area contributed by atoms with E-state index >= 15 is 0 Å². The molecule has 0 radical (unpaired) electrons. The minimum absolute atomic E-state index is 0.0764. The number of nitrogens with one attached hydrogen (secondary N) is 2. The van der Waals surface area contributed by atoms with Crippen LogP contribution < -0.4 is 19.8 Å². The van der Waals surface area contributed by atoms with Gasteiger partial charge in [0.05, 0.1) is 16.8 Å². The zero-order valence-corrected chi connectivity index (χ0v) is 23.6. The van der Waals surface area contributed by atoms with E-state index in [0.717, 1.165) is 9.87 Å². The summed E-state index contributed by atoms with van der Waals surface area (Å²) in [6.07, 6.45) is 1.41. The van der Waals surface area contributed by atoms with Crippen molar-refractivity contribution in [2.24, 2.45) is 5.10 Å². The van der Waals surface area contributed by atoms with Gasteiger partial charge in [0.15, 0.2) is 6.61 Å². The molecule has 9 nitrogen and oxygen atoms in total. The van der Waals surface area contributed by atoms with E-state index in [-0.39, 0.29) is 17.4 Å². The fourth-order valence-corrected chi connectivity index (χ4v) is 5.26. The number of hydrogen-bond acceptors (Lipinski definition) is 6. The number of anilines is 2. The fourth-order valence-electron chi connectivity index (χ4n) is 3.65. The number of ether oxygens (including phenoxy) is 1. The summed E-state index contributed by atoms with van der Waals surface area (Å²) in [6, 6.07) is 28.3. The average Bonchev–Trinajstić information content (AvgIpc) is 2.96. The van der Waals surface area contributed by atoms with Crippen molar-refractivity contribution in [1.82, 2.24) is 5.43 Å². The molecule has 0 aliphatic heterocycles. The van der Waals surface area contributed by atoms with E-state index in [1.807, 2.05) is 6.92 Å². The number of para-hydroxylation sites is 1. The average molecular weight is 591 g/mol. The lowest BCUT2D eigenvalue weighted by Gasteiger charge is -2.23. The van der Waals surface area contributed by atoms with Crippen LogP contribution in [0.15, 0.2) is 113 Å². The summed E-state index contributed by atoms with van der Waals surface area (Å²) < 4.78 is 33.3. The van der Waals surface area contributed by atoms with Gasteiger partial charge < -0.3 is 10.1 Å². The highest BCUT2D eigenvalue weighted by atomic mass is 35.5. The molecular weight excluding hydrogens is 564 g/mol. The molecular formula is C30H27ClN4O5S. The molecule has 4 aromatic carbocycles. The Bertz CT molecular complexity index is 1630. The number of hydrogen-bond donors (Lipinski definition) is 2. The summed E-state index contributed by atoms with van der Waals surface area (Å²) in [6.45, 7) is 1.20. The predicted molar refractivity (Wildman–Crippen MR) is 160 cm³/mol. The van der Waals surface area contributed by atoms with E-state index in [1.165, 1.54) is 18.3 Å². The molecule has 4 aromatic rings. The minimum atomic E-state index is -4.01. The second kappa shape index (κ2) is 13.6. The molecule has 0 saturated carbocycles. The molecule has 0 aromatic heterocycles. The number of aryl methyl sites for hydroxylation is 1. The maximum absolute atomic E-state index is 13.4. The number of carbonyl (C=O) groups is 2. The van der Waals surface area contributed by atoms with Crippen molar-refractivity contribution in [3.63, 3.8) is 0 Å². The van der Waals surface area contributed by atoms with Crippen LogP contribution in [0.3, 0.4) is 0 Å². The van der Waals surface area contributed by atoms with Crippen molar-refractivity contribution in [1.29, 1.82) is 0 Å². The van der Waals surface area contributed by atoms with E-state index in [0.29, 0.717) is 27.7 Å². The summed E-state index contributed by atoms with van der Waals surface area (Å²) in [5.74, 6) is -0.492. The van der Waals surface area contributed by atoms with E-state index in [1.54, 1.807) is 91.0 Å². The van der Waals surface area contributed by atoms with Gasteiger partial charge in [-0.2, -0.15) is 5.10 Å². The topological polar surface area (TPSA) is 117 Å². The minimum Gasteiger partial charge on any atom is -0.484 e. The second-order valence-electron chi connectivity index (χ2n) is 8.87. The van der Waals surface area contributed by atoms with E-state index in [9.17, 15) is 18.0 Å². The predicted octanol–water partition coefficient (Wildman–Crippen LogP) is 5.01. The van der Waals surface area contributed by atoms with E-state index in [2.05, 4.69) is 15.8 Å². The normalized spacial score (nSPS) is 11.2. The molecule has 11 heteroatoms. The first-order chi connectivity index (χ1) is 19.7. The molecule has 4 rings (SSSR count). The van der Waals surface area contributed by atoms with Gasteiger partial charge in [0.25, 0.3) is 21.8 Å². The summed E-state index contributed by atoms with van der Waals surface area (Å²) >= 11 is 5.92. The first-order valence-electron chi connectivity index (χ1n) is 12.5. The highest BCUT2D eigenvalue weighted by molar-refractivity contribution is 7.92. The lowest BCUT2D eigenvalue weighted by atomic mass is 10.2. The quantitative estimate of drug-likeness (QED) is 0.188. The first kappa shape index (κ1) is 29.3. The first-order valence-corrected chi connectivity index (χ1v) is 14.3. The van der Waals surface area contributed by atoms with E-state index in [4.69, 9.17) is 16.3 Å². The van der Waals surface area contributed by atoms with Crippen molar-refractivity contribution >= 4 is 51.0 Å². The van der Waals surface area contributed by atoms with Crippen LogP contribution in [0.4, 0.5) is 11.4 Å². The van der Waals surface area contributed by atoms with Gasteiger partial charge in [-0.05, 0) is 79.2 Å². The molecule has 210 valence electrons. The standard InChI is InChI=1S/C30H27ClN4O5S/c1-22-10-16-28(17-11-22)41(38,39)35(26-8-3-2-4-9-26)20-29(36)34-32-19-23-12-14-27(15-13-23)40-21-30(37)33-25-7-5-6-24(31)18-25/h2-19H,20-21H2,1H3,(H,33,37)(H,34,36)/b32-19-. The van der Waals surface area contributed by atoms with Gasteiger partial charge in [-0.25, -0.2) is 13.8 Å². The third-order valence-corrected chi connectivity index (χ3v) is 7.72. The van der Waals surface area contributed by atoms with Crippen molar-refractivity contribution in [3.05, 3.63) is 119 Å². The highest BCUT2D eigenvalue weighted by Crippen LogP contribution is 2.23. The highest BCUT2D eigenvalue weighted by Gasteiger charge is 2.27. The van der Waals surface area contributed by atoms with Crippen molar-refractivity contribution in [2.45, 2.75) is 11.8 Å². The Hall–Kier alpha value is -4.67. The molecule has 0 bridgehead atoms. The van der Waals surface area contributed by atoms with Gasteiger partial charge in [0.2, 0.25) is 0 Å². The number of amides is 2. The smallest absolute Gasteiger partial charge is 0.264 e. The Morgan fingerprint density at radius 2 is 1.61 bits per heavy atom. The lowest BCUT2D eigenvalue weighted by Crippen LogP contribution is -2.39. The van der Waals surface area contributed by atoms with Crippen LogP contribution in [-0.4, -0.2) is 39.6 Å². The molecule has 41 heavy (non-hydrogen) atoms. The molecule has 0 spiro atoms. The molecule has 0 aliphatic carbocycles. The number of benzene rings is 4. The Kier molecular flexibility index (Phi) is 9.73. The SMILES string of the molecule is Cc1ccc(S(=O)(=O)N(CC(=O)N/N=C\c2ccc(OCC(=O)Nc3cccc(Cl)c3)cc2)c2ccccc2)cc1. The molecule has 0 aliphatic rings. The zero-order valence-electron chi connectivity index (χ0n) is 22.0. The van der Waals surface area contributed by atoms with Gasteiger partial charge >= 0.3 is 0 Å². The van der Waals surface area contributed by atoms with Crippen LogP contribution in [0.1, 0.15) is 11.1 Å². The maximum Gasteiger partial charge on any atom is 0.264 e. The van der Waals surface area contributed by atoms with Crippen LogP contribution in [0.25, 0.3) is 0 Å². The fraction of sp³-hybridized carbons (Fsp3) is 0.100. The van der Waals surface area contributed by atoms with Crippen molar-refractivity contribution in [2.75, 3.05) is 22.8 Å². The van der Waals surface area contributed by atoms with Crippen LogP contribution >= 0.6 is 11.6 Å². The van der Waals surface area contributed by atoms with Crippen LogP contribution in [0, 0.1) is 6.92 Å². The van der Waals surface area contributed by atoms with Gasteiger partial charge in [-0.15, -0.1) is 0 Å². The third kappa shape index (κ3) is 8.41. The summed E-state index contributed by atoms with van der Waals surface area (Å²) in [5, 5.41) is 7.16. The zero-order chi connectivity index (χ0) is 29.2. The Morgan fingerprint density at radius 3 is 2.29 bits per heavy atom. The van der Waals surface area contributed by atoms with Crippen molar-refractivity contribution < 1.29 is 22.7 Å². The van der Waals surface area contributed by atoms with Gasteiger partial charge in [-0.3, -0.25) is 13.9 Å². The number of sulfonamides is 1. The van der Waals surface area contributed by atoms with Crippen LogP contribution in [0.2, 0.25) is 5.02 Å². The van der Waals surface area contributed by atoms with Crippen LogP contribution in [-0.2, 0) is 19.6 Å². The molecule has 0 unspecified atom stereocenters. The van der Waals surface area contributed by atoms with Crippen LogP contribution in [0.5, 0.6) is 5.75 Å². The number of halogens is 1. The van der Waals surface area contributed by atoms with Gasteiger partial charge in [-0.1, -0.05) is 53.6 Å². The number of nitrogens with zero attached hydrogens (tertiary/aromatic N) is 2. The molecule has 2 N–H and O–H groups in total. The lowest BCUT2D eigenvalue weighted by molar-refractivity contribution is -0.119. The Labute approximate surface area is 243 Å². The summed E-state index contributed by atoms with van der Waals surface area (Å²) in [7, 11) is -4.01. The van der Waals surface area contributed by atoms with Crippen molar-refractivity contribution in [3.8, 4) is 5.75 Å². The molecule has 2 amide bonds. The van der Waals surface area contributed by atoms with Gasteiger partial charge in [0.1, 0.15) is 12.3 Å². The Balaban J connectivity index is 1.33. The van der Waals surface area contributed by atoms with E-state index < -0.39 is 22.5 Å². The number of hydrazone groups is 1. The van der Waals surface area contributed by atoms with Gasteiger partial charge in [0, 0.05) is 10.7 Å². The number of rotatable bonds is 11. The monoisotopic (exact) mass is 590 g/mol. The Morgan fingerprint density at radius 1 is 0.902 bits per heavy atom. The molecule has 0 heterocycles. The maximum atomic E-state index is 13.4. The second-order valence-corrected chi connectivity index (χ2v) is 11.2. The third-order valence-electron chi connectivity index (χ3n) is 5.70. The number of carbonyl (C=O) groups excluding carboxylic acids is 2. The largest absolute Gasteiger partial charge is 0.484 e. The summed E-state index contributed by atoms with van der Waals surface area (Å²) in [4.78, 5) is 24.9. The molecule has 0 fully saturated rings. The molecule has 0 saturated heterocycles.